The molecule has 3 N–H and O–H groups in total. The van der Waals surface area contributed by atoms with Gasteiger partial charge in [-0.3, -0.25) is 4.79 Å². The third-order valence-corrected chi connectivity index (χ3v) is 3.61. The summed E-state index contributed by atoms with van der Waals surface area (Å²) in [5.41, 5.74) is 5.90. The molecule has 2 atom stereocenters. The van der Waals surface area contributed by atoms with E-state index in [4.69, 9.17) is 5.73 Å². The molecule has 5 heteroatoms. The van der Waals surface area contributed by atoms with Gasteiger partial charge in [-0.2, -0.15) is 0 Å². The first-order valence-corrected chi connectivity index (χ1v) is 6.76. The fourth-order valence-corrected chi connectivity index (χ4v) is 2.50. The van der Waals surface area contributed by atoms with Crippen LogP contribution in [0.15, 0.2) is 18.7 Å². The van der Waals surface area contributed by atoms with Gasteiger partial charge in [0.15, 0.2) is 0 Å². The first-order valence-electron chi connectivity index (χ1n) is 6.76. The second-order valence-electron chi connectivity index (χ2n) is 5.00. The largest absolute Gasteiger partial charge is 0.356 e. The summed E-state index contributed by atoms with van der Waals surface area (Å²) in [7, 11) is 0. The van der Waals surface area contributed by atoms with Gasteiger partial charge in [-0.15, -0.1) is 0 Å². The Kier molecular flexibility index (Phi) is 4.75. The molecule has 18 heavy (non-hydrogen) atoms. The molecule has 1 aromatic heterocycles. The van der Waals surface area contributed by atoms with Crippen molar-refractivity contribution in [1.29, 1.82) is 0 Å². The molecule has 0 radical (unpaired) electrons. The van der Waals surface area contributed by atoms with Crippen LogP contribution in [0.5, 0.6) is 0 Å². The maximum atomic E-state index is 11.8. The van der Waals surface area contributed by atoms with Crippen LogP contribution in [0.2, 0.25) is 0 Å². The van der Waals surface area contributed by atoms with E-state index in [1.165, 1.54) is 0 Å². The zero-order chi connectivity index (χ0) is 12.8. The molecule has 0 aliphatic heterocycles. The van der Waals surface area contributed by atoms with E-state index in [9.17, 15) is 4.79 Å². The normalized spacial score (nSPS) is 23.2. The molecule has 100 valence electrons. The molecule has 1 heterocycles. The smallest absolute Gasteiger partial charge is 0.224 e. The molecule has 1 aliphatic carbocycles. The Balaban J connectivity index is 1.56. The Morgan fingerprint density at radius 3 is 3.00 bits per heavy atom. The minimum Gasteiger partial charge on any atom is -0.356 e. The molecule has 0 bridgehead atoms. The second kappa shape index (κ2) is 6.54. The number of nitrogens with zero attached hydrogens (tertiary/aromatic N) is 2. The van der Waals surface area contributed by atoms with E-state index < -0.39 is 0 Å². The van der Waals surface area contributed by atoms with E-state index in [0.717, 1.165) is 45.2 Å². The lowest BCUT2D eigenvalue weighted by atomic mass is 10.0. The van der Waals surface area contributed by atoms with Gasteiger partial charge >= 0.3 is 0 Å². The Morgan fingerprint density at radius 1 is 1.44 bits per heavy atom. The zero-order valence-corrected chi connectivity index (χ0v) is 10.7. The predicted molar refractivity (Wildman–Crippen MR) is 69.8 cm³/mol. The molecule has 0 spiro atoms. The summed E-state index contributed by atoms with van der Waals surface area (Å²) in [6, 6.07) is 0.0657. The Morgan fingerprint density at radius 2 is 2.33 bits per heavy atom. The summed E-state index contributed by atoms with van der Waals surface area (Å²) in [5, 5.41) is 2.99. The molecule has 1 aliphatic rings. The lowest BCUT2D eigenvalue weighted by Crippen LogP contribution is -2.38. The highest BCUT2D eigenvalue weighted by Gasteiger charge is 2.29. The third-order valence-electron chi connectivity index (χ3n) is 3.61. The van der Waals surface area contributed by atoms with E-state index in [1.54, 1.807) is 6.20 Å². The molecule has 1 amide bonds. The maximum absolute atomic E-state index is 11.8. The number of carbonyl (C=O) groups excluding carboxylic acids is 1. The van der Waals surface area contributed by atoms with Crippen molar-refractivity contribution in [1.82, 2.24) is 14.9 Å². The van der Waals surface area contributed by atoms with E-state index in [0.29, 0.717) is 0 Å². The van der Waals surface area contributed by atoms with Crippen molar-refractivity contribution in [3.63, 3.8) is 0 Å². The SMILES string of the molecule is NC1CCCC1C(=O)NCCCCn1ccnc1. The van der Waals surface area contributed by atoms with Gasteiger partial charge in [0.05, 0.1) is 12.2 Å². The van der Waals surface area contributed by atoms with Gasteiger partial charge in [-0.05, 0) is 25.7 Å². The van der Waals surface area contributed by atoms with Gasteiger partial charge in [0, 0.05) is 31.5 Å². The molecule has 1 saturated carbocycles. The first kappa shape index (κ1) is 13.1. The van der Waals surface area contributed by atoms with Crippen LogP contribution in [0.25, 0.3) is 0 Å². The topological polar surface area (TPSA) is 72.9 Å². The van der Waals surface area contributed by atoms with Crippen LogP contribution in [0.4, 0.5) is 0 Å². The third kappa shape index (κ3) is 3.57. The minimum absolute atomic E-state index is 0.0404. The van der Waals surface area contributed by atoms with Crippen molar-refractivity contribution in [2.24, 2.45) is 11.7 Å². The quantitative estimate of drug-likeness (QED) is 0.737. The van der Waals surface area contributed by atoms with Crippen LogP contribution in [-0.2, 0) is 11.3 Å². The summed E-state index contributed by atoms with van der Waals surface area (Å²) in [5.74, 6) is 0.182. The number of hydrogen-bond acceptors (Lipinski definition) is 3. The Labute approximate surface area is 108 Å². The average Bonchev–Trinajstić information content (AvgIpc) is 2.99. The van der Waals surface area contributed by atoms with Gasteiger partial charge in [-0.1, -0.05) is 6.42 Å². The Bertz CT molecular complexity index is 363. The Hall–Kier alpha value is -1.36. The highest BCUT2D eigenvalue weighted by Crippen LogP contribution is 2.23. The summed E-state index contributed by atoms with van der Waals surface area (Å²) in [6.07, 6.45) is 10.6. The zero-order valence-electron chi connectivity index (χ0n) is 10.7. The number of nitrogens with two attached hydrogens (primary N) is 1. The number of imidazole rings is 1. The van der Waals surface area contributed by atoms with Crippen molar-refractivity contribution in [2.45, 2.75) is 44.7 Å². The number of amides is 1. The standard InChI is InChI=1S/C13H22N4O/c14-12-5-3-4-11(12)13(18)16-6-1-2-8-17-9-7-15-10-17/h7,9-12H,1-6,8,14H2,(H,16,18). The van der Waals surface area contributed by atoms with Gasteiger partial charge in [0.2, 0.25) is 5.91 Å². The maximum Gasteiger partial charge on any atom is 0.224 e. The number of hydrogen-bond donors (Lipinski definition) is 2. The van der Waals surface area contributed by atoms with Crippen molar-refractivity contribution in [3.8, 4) is 0 Å². The van der Waals surface area contributed by atoms with Gasteiger partial charge in [0.1, 0.15) is 0 Å². The molecule has 2 unspecified atom stereocenters. The second-order valence-corrected chi connectivity index (χ2v) is 5.00. The van der Waals surface area contributed by atoms with Crippen LogP contribution in [0.1, 0.15) is 32.1 Å². The van der Waals surface area contributed by atoms with Crippen LogP contribution in [0, 0.1) is 5.92 Å². The average molecular weight is 250 g/mol. The van der Waals surface area contributed by atoms with E-state index in [2.05, 4.69) is 14.9 Å². The van der Waals surface area contributed by atoms with E-state index in [1.807, 2.05) is 12.5 Å². The lowest BCUT2D eigenvalue weighted by molar-refractivity contribution is -0.125. The van der Waals surface area contributed by atoms with Crippen LogP contribution in [0.3, 0.4) is 0 Å². The minimum atomic E-state index is 0.0404. The summed E-state index contributed by atoms with van der Waals surface area (Å²) >= 11 is 0. The number of nitrogens with one attached hydrogen (secondary N) is 1. The monoisotopic (exact) mass is 250 g/mol. The van der Waals surface area contributed by atoms with Crippen LogP contribution < -0.4 is 11.1 Å². The highest BCUT2D eigenvalue weighted by molar-refractivity contribution is 5.79. The predicted octanol–water partition coefficient (Wildman–Crippen LogP) is 0.907. The van der Waals surface area contributed by atoms with Gasteiger partial charge in [-0.25, -0.2) is 4.98 Å². The van der Waals surface area contributed by atoms with Crippen molar-refractivity contribution < 1.29 is 4.79 Å². The lowest BCUT2D eigenvalue weighted by Gasteiger charge is -2.15. The summed E-state index contributed by atoms with van der Waals surface area (Å²) in [4.78, 5) is 15.8. The molecular weight excluding hydrogens is 228 g/mol. The number of aryl methyl sites for hydroxylation is 1. The summed E-state index contributed by atoms with van der Waals surface area (Å²) in [6.45, 7) is 1.70. The van der Waals surface area contributed by atoms with Crippen LogP contribution >= 0.6 is 0 Å². The number of carbonyl (C=O) groups is 1. The van der Waals surface area contributed by atoms with E-state index in [-0.39, 0.29) is 17.9 Å². The van der Waals surface area contributed by atoms with E-state index >= 15 is 0 Å². The molecule has 0 saturated heterocycles. The van der Waals surface area contributed by atoms with Crippen molar-refractivity contribution in [3.05, 3.63) is 18.7 Å². The fourth-order valence-electron chi connectivity index (χ4n) is 2.50. The highest BCUT2D eigenvalue weighted by atomic mass is 16.1. The molecule has 2 rings (SSSR count). The number of aromatic nitrogens is 2. The molecule has 1 fully saturated rings. The first-order chi connectivity index (χ1) is 8.77. The molecule has 0 aromatic carbocycles. The molecule has 1 aromatic rings. The fraction of sp³-hybridized carbons (Fsp3) is 0.692. The number of unbranched alkanes of at least 4 members (excludes halogenated alkanes) is 1. The van der Waals surface area contributed by atoms with Crippen molar-refractivity contribution >= 4 is 5.91 Å². The molecule has 5 nitrogen and oxygen atoms in total. The van der Waals surface area contributed by atoms with Gasteiger partial charge in [0.25, 0.3) is 0 Å². The van der Waals surface area contributed by atoms with Gasteiger partial charge < -0.3 is 15.6 Å². The summed E-state index contributed by atoms with van der Waals surface area (Å²) < 4.78 is 2.05. The van der Waals surface area contributed by atoms with Crippen LogP contribution in [-0.4, -0.2) is 28.0 Å². The number of rotatable bonds is 6. The van der Waals surface area contributed by atoms with Crippen molar-refractivity contribution in [2.75, 3.05) is 6.54 Å². The molecular formula is C13H22N4O.